The lowest BCUT2D eigenvalue weighted by atomic mass is 10.3. The van der Waals surface area contributed by atoms with Crippen LogP contribution in [0, 0.1) is 5.82 Å². The van der Waals surface area contributed by atoms with Gasteiger partial charge in [-0.05, 0) is 28.1 Å². The van der Waals surface area contributed by atoms with E-state index in [0.717, 1.165) is 6.07 Å². The number of carboxylic acid groups (broad SMARTS) is 1. The van der Waals surface area contributed by atoms with Crippen molar-refractivity contribution in [3.05, 3.63) is 28.5 Å². The summed E-state index contributed by atoms with van der Waals surface area (Å²) in [6.45, 7) is -0.763. The van der Waals surface area contributed by atoms with E-state index in [-0.39, 0.29) is 5.69 Å². The van der Waals surface area contributed by atoms with Crippen molar-refractivity contribution in [1.82, 2.24) is 5.32 Å². The number of aliphatic hydroxyl groups is 1. The van der Waals surface area contributed by atoms with Crippen LogP contribution in [0.5, 0.6) is 0 Å². The highest BCUT2D eigenvalue weighted by atomic mass is 79.9. The second-order valence-electron chi connectivity index (χ2n) is 3.27. The summed E-state index contributed by atoms with van der Waals surface area (Å²) in [5.41, 5.74) is -0.114. The number of aliphatic carboxylic acids is 1. The van der Waals surface area contributed by atoms with E-state index in [2.05, 4.69) is 21.2 Å². The molecule has 0 aliphatic rings. The van der Waals surface area contributed by atoms with Crippen molar-refractivity contribution in [2.75, 3.05) is 11.9 Å². The molecule has 0 bridgehead atoms. The number of urea groups is 1. The number of carboxylic acids is 1. The predicted molar refractivity (Wildman–Crippen MR) is 64.8 cm³/mol. The van der Waals surface area contributed by atoms with Crippen LogP contribution in [0.3, 0.4) is 0 Å². The molecule has 1 rings (SSSR count). The zero-order valence-electron chi connectivity index (χ0n) is 8.98. The van der Waals surface area contributed by atoms with Gasteiger partial charge in [-0.1, -0.05) is 6.07 Å². The Balaban J connectivity index is 2.73. The summed E-state index contributed by atoms with van der Waals surface area (Å²) < 4.78 is 13.7. The highest BCUT2D eigenvalue weighted by molar-refractivity contribution is 9.10. The zero-order chi connectivity index (χ0) is 13.7. The highest BCUT2D eigenvalue weighted by Gasteiger charge is 2.19. The monoisotopic (exact) mass is 320 g/mol. The van der Waals surface area contributed by atoms with Crippen LogP contribution in [0.15, 0.2) is 22.7 Å². The maximum atomic E-state index is 13.4. The summed E-state index contributed by atoms with van der Waals surface area (Å²) in [5, 5.41) is 21.5. The smallest absolute Gasteiger partial charge is 0.328 e. The molecule has 0 spiro atoms. The van der Waals surface area contributed by atoms with E-state index in [4.69, 9.17) is 10.2 Å². The lowest BCUT2D eigenvalue weighted by molar-refractivity contribution is -0.140. The Labute approximate surface area is 110 Å². The number of para-hydroxylation sites is 1. The number of nitrogens with one attached hydrogen (secondary N) is 2. The van der Waals surface area contributed by atoms with Crippen LogP contribution in [0.25, 0.3) is 0 Å². The summed E-state index contributed by atoms with van der Waals surface area (Å²) in [4.78, 5) is 22.0. The van der Waals surface area contributed by atoms with Crippen LogP contribution in [-0.4, -0.2) is 34.9 Å². The van der Waals surface area contributed by atoms with Crippen molar-refractivity contribution in [3.8, 4) is 0 Å². The molecule has 4 N–H and O–H groups in total. The van der Waals surface area contributed by atoms with Gasteiger partial charge >= 0.3 is 12.0 Å². The quantitative estimate of drug-likeness (QED) is 0.669. The number of amides is 2. The summed E-state index contributed by atoms with van der Waals surface area (Å²) in [5.74, 6) is -2.06. The van der Waals surface area contributed by atoms with Gasteiger partial charge in [0.25, 0.3) is 0 Å². The number of aliphatic hydroxyl groups excluding tert-OH is 1. The molecule has 1 aromatic rings. The van der Waals surface area contributed by atoms with Crippen LogP contribution in [0.2, 0.25) is 0 Å². The summed E-state index contributed by atoms with van der Waals surface area (Å²) in [6, 6.07) is 1.72. The highest BCUT2D eigenvalue weighted by Crippen LogP contribution is 2.24. The first-order valence-corrected chi connectivity index (χ1v) is 5.60. The van der Waals surface area contributed by atoms with Gasteiger partial charge < -0.3 is 20.8 Å². The molecule has 8 heteroatoms. The van der Waals surface area contributed by atoms with Crippen molar-refractivity contribution < 1.29 is 24.2 Å². The van der Waals surface area contributed by atoms with Gasteiger partial charge in [0.2, 0.25) is 0 Å². The van der Waals surface area contributed by atoms with E-state index in [0.29, 0.717) is 4.47 Å². The molecule has 0 heterocycles. The van der Waals surface area contributed by atoms with E-state index >= 15 is 0 Å². The summed E-state index contributed by atoms with van der Waals surface area (Å²) >= 11 is 3.04. The second kappa shape index (κ2) is 6.31. The molecule has 2 amide bonds. The van der Waals surface area contributed by atoms with Gasteiger partial charge in [-0.2, -0.15) is 0 Å². The molecule has 0 aromatic heterocycles. The van der Waals surface area contributed by atoms with Gasteiger partial charge in [-0.3, -0.25) is 0 Å². The van der Waals surface area contributed by atoms with Crippen LogP contribution >= 0.6 is 15.9 Å². The van der Waals surface area contributed by atoms with Crippen molar-refractivity contribution >= 4 is 33.6 Å². The van der Waals surface area contributed by atoms with Crippen LogP contribution in [0.1, 0.15) is 0 Å². The van der Waals surface area contributed by atoms with E-state index < -0.39 is 30.5 Å². The molecule has 6 nitrogen and oxygen atoms in total. The fourth-order valence-corrected chi connectivity index (χ4v) is 1.55. The Kier molecular flexibility index (Phi) is 5.05. The van der Waals surface area contributed by atoms with Gasteiger partial charge in [-0.25, -0.2) is 14.0 Å². The van der Waals surface area contributed by atoms with E-state index in [1.165, 1.54) is 12.1 Å². The Morgan fingerprint density at radius 3 is 2.61 bits per heavy atom. The van der Waals surface area contributed by atoms with Gasteiger partial charge in [0.05, 0.1) is 12.3 Å². The molecule has 1 aromatic carbocycles. The van der Waals surface area contributed by atoms with Gasteiger partial charge in [0.1, 0.15) is 5.82 Å². The van der Waals surface area contributed by atoms with Crippen LogP contribution in [-0.2, 0) is 4.79 Å². The summed E-state index contributed by atoms with van der Waals surface area (Å²) in [6.07, 6.45) is 0. The molecule has 0 unspecified atom stereocenters. The van der Waals surface area contributed by atoms with E-state index in [9.17, 15) is 14.0 Å². The molecular weight excluding hydrogens is 311 g/mol. The van der Waals surface area contributed by atoms with Gasteiger partial charge in [0, 0.05) is 4.47 Å². The standard InChI is InChI=1S/C10H10BrFN2O4/c11-5-2-1-3-6(12)8(5)14-10(18)13-7(4-15)9(16)17/h1-3,7,15H,4H2,(H,16,17)(H2,13,14,18)/t7-/m0/s1. The number of hydrogen-bond donors (Lipinski definition) is 4. The normalized spacial score (nSPS) is 11.7. The summed E-state index contributed by atoms with van der Waals surface area (Å²) in [7, 11) is 0. The third-order valence-corrected chi connectivity index (χ3v) is 2.65. The molecule has 0 saturated carbocycles. The maximum absolute atomic E-state index is 13.4. The SMILES string of the molecule is O=C(Nc1c(F)cccc1Br)N[C@@H](CO)C(=O)O. The third kappa shape index (κ3) is 3.67. The Bertz CT molecular complexity index is 449. The molecule has 18 heavy (non-hydrogen) atoms. The average molecular weight is 321 g/mol. The second-order valence-corrected chi connectivity index (χ2v) is 4.12. The minimum Gasteiger partial charge on any atom is -0.480 e. The van der Waals surface area contributed by atoms with E-state index in [1.54, 1.807) is 0 Å². The number of rotatable bonds is 4. The number of carbonyl (C=O) groups is 2. The number of carbonyl (C=O) groups excluding carboxylic acids is 1. The topological polar surface area (TPSA) is 98.7 Å². The largest absolute Gasteiger partial charge is 0.480 e. The van der Waals surface area contributed by atoms with Gasteiger partial charge in [-0.15, -0.1) is 0 Å². The van der Waals surface area contributed by atoms with Crippen molar-refractivity contribution in [2.45, 2.75) is 6.04 Å². The lowest BCUT2D eigenvalue weighted by Crippen LogP contribution is -2.45. The van der Waals surface area contributed by atoms with Gasteiger partial charge in [0.15, 0.2) is 6.04 Å². The maximum Gasteiger partial charge on any atom is 0.328 e. The third-order valence-electron chi connectivity index (χ3n) is 1.99. The minimum atomic E-state index is -1.45. The minimum absolute atomic E-state index is 0.114. The first kappa shape index (κ1) is 14.4. The van der Waals surface area contributed by atoms with Crippen molar-refractivity contribution in [1.29, 1.82) is 0 Å². The average Bonchev–Trinajstić information content (AvgIpc) is 2.30. The molecule has 0 aliphatic carbocycles. The number of anilines is 1. The molecule has 1 atom stereocenters. The molecule has 0 fully saturated rings. The first-order chi connectivity index (χ1) is 8.45. The molecule has 98 valence electrons. The molecule has 0 radical (unpaired) electrons. The molecular formula is C10H10BrFN2O4. The van der Waals surface area contributed by atoms with Crippen molar-refractivity contribution in [3.63, 3.8) is 0 Å². The molecule has 0 saturated heterocycles. The van der Waals surface area contributed by atoms with E-state index in [1.807, 2.05) is 5.32 Å². The lowest BCUT2D eigenvalue weighted by Gasteiger charge is -2.13. The fraction of sp³-hybridized carbons (Fsp3) is 0.200. The molecule has 0 aliphatic heterocycles. The predicted octanol–water partition coefficient (Wildman–Crippen LogP) is 1.16. The Morgan fingerprint density at radius 2 is 2.11 bits per heavy atom. The zero-order valence-corrected chi connectivity index (χ0v) is 10.6. The van der Waals surface area contributed by atoms with Crippen LogP contribution < -0.4 is 10.6 Å². The number of hydrogen-bond acceptors (Lipinski definition) is 3. The van der Waals surface area contributed by atoms with Crippen molar-refractivity contribution in [2.24, 2.45) is 0 Å². The fourth-order valence-electron chi connectivity index (χ4n) is 1.11. The Hall–Kier alpha value is -1.67. The first-order valence-electron chi connectivity index (χ1n) is 4.81. The number of halogens is 2. The number of benzene rings is 1. The Morgan fingerprint density at radius 1 is 1.44 bits per heavy atom. The van der Waals surface area contributed by atoms with Crippen LogP contribution in [0.4, 0.5) is 14.9 Å².